The minimum absolute atomic E-state index is 0.200. The molecule has 2 heterocycles. The van der Waals surface area contributed by atoms with Crippen molar-refractivity contribution in [2.75, 3.05) is 0 Å². The zero-order chi connectivity index (χ0) is 9.97. The lowest BCUT2D eigenvalue weighted by Gasteiger charge is -2.08. The molecule has 0 bridgehead atoms. The number of aryl methyl sites for hydroxylation is 1. The molecular weight excluding hydrogens is 176 g/mol. The van der Waals surface area contributed by atoms with E-state index in [9.17, 15) is 0 Å². The highest BCUT2D eigenvalue weighted by atomic mass is 16.3. The van der Waals surface area contributed by atoms with E-state index in [1.165, 1.54) is 0 Å². The van der Waals surface area contributed by atoms with Crippen molar-refractivity contribution in [2.24, 2.45) is 5.73 Å². The molecule has 0 aliphatic carbocycles. The number of pyridine rings is 1. The van der Waals surface area contributed by atoms with E-state index < -0.39 is 0 Å². The molecule has 3 nitrogen and oxygen atoms in total. The van der Waals surface area contributed by atoms with Gasteiger partial charge in [0.1, 0.15) is 0 Å². The number of aromatic nitrogens is 1. The Kier molecular flexibility index (Phi) is 2.33. The van der Waals surface area contributed by atoms with Crippen LogP contribution in [0.3, 0.4) is 0 Å². The van der Waals surface area contributed by atoms with Crippen molar-refractivity contribution in [1.29, 1.82) is 0 Å². The van der Waals surface area contributed by atoms with Gasteiger partial charge in [-0.2, -0.15) is 0 Å². The number of nitrogens with zero attached hydrogens (tertiary/aromatic N) is 1. The summed E-state index contributed by atoms with van der Waals surface area (Å²) in [6.45, 7) is 2.02. The Morgan fingerprint density at radius 1 is 1.43 bits per heavy atom. The monoisotopic (exact) mass is 188 g/mol. The van der Waals surface area contributed by atoms with Crippen molar-refractivity contribution >= 4 is 0 Å². The van der Waals surface area contributed by atoms with Crippen LogP contribution in [0.25, 0.3) is 0 Å². The third-order valence-electron chi connectivity index (χ3n) is 2.16. The van der Waals surface area contributed by atoms with Crippen molar-refractivity contribution in [1.82, 2.24) is 4.98 Å². The van der Waals surface area contributed by atoms with Gasteiger partial charge in [-0.25, -0.2) is 0 Å². The molecule has 0 amide bonds. The largest absolute Gasteiger partial charge is 0.472 e. The Hall–Kier alpha value is -1.61. The van der Waals surface area contributed by atoms with E-state index in [0.29, 0.717) is 0 Å². The van der Waals surface area contributed by atoms with Crippen LogP contribution in [0.15, 0.2) is 41.3 Å². The van der Waals surface area contributed by atoms with Crippen molar-refractivity contribution in [3.05, 3.63) is 53.7 Å². The van der Waals surface area contributed by atoms with Crippen LogP contribution in [0.4, 0.5) is 0 Å². The second kappa shape index (κ2) is 3.64. The summed E-state index contributed by atoms with van der Waals surface area (Å²) in [4.78, 5) is 4.23. The number of nitrogens with two attached hydrogens (primary N) is 1. The van der Waals surface area contributed by atoms with Crippen molar-refractivity contribution in [3.63, 3.8) is 0 Å². The Balaban J connectivity index is 2.32. The molecule has 0 fully saturated rings. The fraction of sp³-hybridized carbons (Fsp3) is 0.182. The molecule has 0 saturated carbocycles. The first-order valence-electron chi connectivity index (χ1n) is 4.47. The van der Waals surface area contributed by atoms with E-state index in [1.54, 1.807) is 18.7 Å². The van der Waals surface area contributed by atoms with Gasteiger partial charge in [-0.05, 0) is 30.7 Å². The summed E-state index contributed by atoms with van der Waals surface area (Å²) in [5.41, 5.74) is 8.98. The Bertz CT molecular complexity index is 409. The first-order valence-corrected chi connectivity index (χ1v) is 4.47. The van der Waals surface area contributed by atoms with E-state index in [0.717, 1.165) is 16.8 Å². The van der Waals surface area contributed by atoms with Crippen molar-refractivity contribution in [2.45, 2.75) is 13.0 Å². The summed E-state index contributed by atoms with van der Waals surface area (Å²) >= 11 is 0. The molecule has 14 heavy (non-hydrogen) atoms. The van der Waals surface area contributed by atoms with Crippen molar-refractivity contribution in [3.8, 4) is 0 Å². The second-order valence-electron chi connectivity index (χ2n) is 3.29. The predicted octanol–water partition coefficient (Wildman–Crippen LogP) is 2.03. The molecule has 0 spiro atoms. The molecule has 0 aliphatic rings. The first-order chi connectivity index (χ1) is 6.77. The third-order valence-corrected chi connectivity index (χ3v) is 2.16. The highest BCUT2D eigenvalue weighted by molar-refractivity contribution is 5.26. The molecule has 0 aromatic carbocycles. The van der Waals surface area contributed by atoms with Gasteiger partial charge in [0.15, 0.2) is 0 Å². The summed E-state index contributed by atoms with van der Waals surface area (Å²) < 4.78 is 4.98. The van der Waals surface area contributed by atoms with Crippen molar-refractivity contribution < 1.29 is 4.42 Å². The Labute approximate surface area is 82.6 Å². The third kappa shape index (κ3) is 1.67. The average molecular weight is 188 g/mol. The Morgan fingerprint density at radius 3 is 2.93 bits per heavy atom. The standard InChI is InChI=1S/C11H12N2O/c1-8-2-4-13-10(6-8)11(12)9-3-5-14-7-9/h2-7,11H,12H2,1H3. The van der Waals surface area contributed by atoms with Crippen LogP contribution >= 0.6 is 0 Å². The summed E-state index contributed by atoms with van der Waals surface area (Å²) in [6.07, 6.45) is 5.03. The highest BCUT2D eigenvalue weighted by Crippen LogP contribution is 2.18. The van der Waals surface area contributed by atoms with Crippen LogP contribution in [0, 0.1) is 6.92 Å². The van der Waals surface area contributed by atoms with Gasteiger partial charge in [-0.15, -0.1) is 0 Å². The minimum Gasteiger partial charge on any atom is -0.472 e. The average Bonchev–Trinajstić information content (AvgIpc) is 2.69. The smallest absolute Gasteiger partial charge is 0.0954 e. The lowest BCUT2D eigenvalue weighted by Crippen LogP contribution is -2.12. The van der Waals surface area contributed by atoms with E-state index in [4.69, 9.17) is 10.2 Å². The fourth-order valence-electron chi connectivity index (χ4n) is 1.35. The SMILES string of the molecule is Cc1ccnc(C(N)c2ccoc2)c1. The van der Waals surface area contributed by atoms with E-state index in [2.05, 4.69) is 4.98 Å². The van der Waals surface area contributed by atoms with E-state index >= 15 is 0 Å². The molecule has 2 rings (SSSR count). The zero-order valence-corrected chi connectivity index (χ0v) is 7.97. The van der Waals surface area contributed by atoms with E-state index in [1.807, 2.05) is 25.1 Å². The molecule has 2 N–H and O–H groups in total. The van der Waals surface area contributed by atoms with Crippen LogP contribution in [0.1, 0.15) is 22.9 Å². The zero-order valence-electron chi connectivity index (χ0n) is 7.97. The molecule has 3 heteroatoms. The summed E-state index contributed by atoms with van der Waals surface area (Å²) in [5.74, 6) is 0. The van der Waals surface area contributed by atoms with Crippen LogP contribution < -0.4 is 5.73 Å². The van der Waals surface area contributed by atoms with Crippen LogP contribution in [-0.4, -0.2) is 4.98 Å². The summed E-state index contributed by atoms with van der Waals surface area (Å²) in [7, 11) is 0. The van der Waals surface area contributed by atoms with E-state index in [-0.39, 0.29) is 6.04 Å². The van der Waals surface area contributed by atoms with Crippen LogP contribution in [0.5, 0.6) is 0 Å². The van der Waals surface area contributed by atoms with Gasteiger partial charge in [0.2, 0.25) is 0 Å². The molecule has 1 atom stereocenters. The fourth-order valence-corrected chi connectivity index (χ4v) is 1.35. The molecule has 72 valence electrons. The quantitative estimate of drug-likeness (QED) is 0.784. The molecule has 2 aromatic heterocycles. The Morgan fingerprint density at radius 2 is 2.29 bits per heavy atom. The second-order valence-corrected chi connectivity index (χ2v) is 3.29. The van der Waals surface area contributed by atoms with Gasteiger partial charge in [0.05, 0.1) is 24.3 Å². The van der Waals surface area contributed by atoms with Gasteiger partial charge in [-0.3, -0.25) is 4.98 Å². The van der Waals surface area contributed by atoms with Gasteiger partial charge >= 0.3 is 0 Å². The summed E-state index contributed by atoms with van der Waals surface area (Å²) in [5, 5.41) is 0. The predicted molar refractivity (Wildman–Crippen MR) is 53.7 cm³/mol. The van der Waals surface area contributed by atoms with Crippen LogP contribution in [0.2, 0.25) is 0 Å². The highest BCUT2D eigenvalue weighted by Gasteiger charge is 2.10. The van der Waals surface area contributed by atoms with Crippen LogP contribution in [-0.2, 0) is 0 Å². The maximum atomic E-state index is 6.01. The molecule has 2 aromatic rings. The first kappa shape index (κ1) is 8.97. The van der Waals surface area contributed by atoms with Gasteiger partial charge in [-0.1, -0.05) is 0 Å². The maximum absolute atomic E-state index is 6.01. The molecule has 0 radical (unpaired) electrons. The summed E-state index contributed by atoms with van der Waals surface area (Å²) in [6, 6.07) is 5.59. The van der Waals surface area contributed by atoms with Gasteiger partial charge < -0.3 is 10.2 Å². The number of hydrogen-bond donors (Lipinski definition) is 1. The lowest BCUT2D eigenvalue weighted by molar-refractivity contribution is 0.561. The number of furan rings is 1. The molecule has 0 aliphatic heterocycles. The lowest BCUT2D eigenvalue weighted by atomic mass is 10.1. The number of hydrogen-bond acceptors (Lipinski definition) is 3. The normalized spacial score (nSPS) is 12.7. The topological polar surface area (TPSA) is 52.0 Å². The molecule has 0 saturated heterocycles. The molecular formula is C11H12N2O. The maximum Gasteiger partial charge on any atom is 0.0954 e. The van der Waals surface area contributed by atoms with Gasteiger partial charge in [0.25, 0.3) is 0 Å². The van der Waals surface area contributed by atoms with Gasteiger partial charge in [0, 0.05) is 11.8 Å². The molecule has 1 unspecified atom stereocenters. The minimum atomic E-state index is -0.200. The number of rotatable bonds is 2.